The van der Waals surface area contributed by atoms with E-state index in [4.69, 9.17) is 0 Å². The zero-order valence-electron chi connectivity index (χ0n) is 6.73. The van der Waals surface area contributed by atoms with Crippen LogP contribution in [0.4, 0.5) is 8.78 Å². The van der Waals surface area contributed by atoms with E-state index in [1.54, 1.807) is 19.9 Å². The van der Waals surface area contributed by atoms with Gasteiger partial charge >= 0.3 is 6.43 Å². The Balaban J connectivity index is 3.02. The summed E-state index contributed by atoms with van der Waals surface area (Å²) in [6, 6.07) is 1.74. The topological polar surface area (TPSA) is 17.1 Å². The molecule has 1 heterocycles. The van der Waals surface area contributed by atoms with Gasteiger partial charge in [-0.3, -0.25) is 4.79 Å². The van der Waals surface area contributed by atoms with Crippen LogP contribution in [-0.2, 0) is 0 Å². The molecule has 0 aliphatic heterocycles. The van der Waals surface area contributed by atoms with E-state index in [1.807, 2.05) is 0 Å². The molecule has 0 saturated heterocycles. The molecule has 0 saturated carbocycles. The first-order chi connectivity index (χ1) is 5.52. The lowest BCUT2D eigenvalue weighted by Gasteiger charge is -1.95. The van der Waals surface area contributed by atoms with Gasteiger partial charge in [0.1, 0.15) is 0 Å². The summed E-state index contributed by atoms with van der Waals surface area (Å²) in [5.41, 5.74) is 0.641. The number of hydrogen-bond acceptors (Lipinski definition) is 2. The van der Waals surface area contributed by atoms with Crippen molar-refractivity contribution in [1.82, 2.24) is 0 Å². The van der Waals surface area contributed by atoms with E-state index in [9.17, 15) is 13.6 Å². The van der Waals surface area contributed by atoms with Crippen LogP contribution in [0.3, 0.4) is 0 Å². The van der Waals surface area contributed by atoms with Crippen molar-refractivity contribution < 1.29 is 13.6 Å². The van der Waals surface area contributed by atoms with Crippen LogP contribution in [0.1, 0.15) is 20.1 Å². The minimum absolute atomic E-state index is 0.183. The quantitative estimate of drug-likeness (QED) is 0.655. The van der Waals surface area contributed by atoms with E-state index in [-0.39, 0.29) is 4.88 Å². The minimum Gasteiger partial charge on any atom is -0.287 e. The van der Waals surface area contributed by atoms with Gasteiger partial charge in [-0.25, -0.2) is 8.78 Å². The predicted molar refractivity (Wildman–Crippen MR) is 44.1 cm³/mol. The molecule has 0 spiro atoms. The molecule has 1 aromatic rings. The molecule has 0 fully saturated rings. The molecule has 66 valence electrons. The van der Waals surface area contributed by atoms with Gasteiger partial charge in [-0.1, -0.05) is 0 Å². The Hall–Kier alpha value is -0.770. The first kappa shape index (κ1) is 9.32. The summed E-state index contributed by atoms with van der Waals surface area (Å²) in [5, 5.41) is 0. The Kier molecular flexibility index (Phi) is 2.57. The minimum atomic E-state index is -2.89. The fourth-order valence-corrected chi connectivity index (χ4v) is 1.95. The number of Topliss-reactive ketones (excluding diaryl/α,β-unsaturated/α-hetero) is 1. The summed E-state index contributed by atoms with van der Waals surface area (Å²) in [5.74, 6) is -1.06. The van der Waals surface area contributed by atoms with E-state index in [1.165, 1.54) is 0 Å². The number of carbonyl (C=O) groups is 1. The van der Waals surface area contributed by atoms with Crippen LogP contribution in [-0.4, -0.2) is 12.2 Å². The summed E-state index contributed by atoms with van der Waals surface area (Å²) < 4.78 is 23.9. The average molecular weight is 190 g/mol. The zero-order chi connectivity index (χ0) is 9.30. The predicted octanol–water partition coefficient (Wildman–Crippen LogP) is 2.81. The molecule has 1 nitrogen and oxygen atoms in total. The highest BCUT2D eigenvalue weighted by molar-refractivity contribution is 7.14. The lowest BCUT2D eigenvalue weighted by molar-refractivity contribution is 0.0682. The van der Waals surface area contributed by atoms with Crippen molar-refractivity contribution in [2.75, 3.05) is 0 Å². The monoisotopic (exact) mass is 190 g/mol. The van der Waals surface area contributed by atoms with Crippen LogP contribution in [0, 0.1) is 13.8 Å². The number of rotatable bonds is 2. The van der Waals surface area contributed by atoms with Gasteiger partial charge in [0.2, 0.25) is 5.78 Å². The van der Waals surface area contributed by atoms with Gasteiger partial charge < -0.3 is 0 Å². The average Bonchev–Trinajstić information content (AvgIpc) is 2.28. The van der Waals surface area contributed by atoms with Crippen molar-refractivity contribution in [2.45, 2.75) is 20.3 Å². The molecule has 12 heavy (non-hydrogen) atoms. The first-order valence-electron chi connectivity index (χ1n) is 3.41. The third kappa shape index (κ3) is 1.69. The van der Waals surface area contributed by atoms with Gasteiger partial charge in [0.25, 0.3) is 0 Å². The van der Waals surface area contributed by atoms with Gasteiger partial charge in [-0.2, -0.15) is 0 Å². The van der Waals surface area contributed by atoms with E-state index in [0.29, 0.717) is 5.56 Å². The summed E-state index contributed by atoms with van der Waals surface area (Å²) in [6.45, 7) is 3.46. The fraction of sp³-hybridized carbons (Fsp3) is 0.375. The van der Waals surface area contributed by atoms with E-state index < -0.39 is 12.2 Å². The van der Waals surface area contributed by atoms with E-state index >= 15 is 0 Å². The van der Waals surface area contributed by atoms with Crippen LogP contribution >= 0.6 is 11.3 Å². The molecule has 1 aromatic heterocycles. The second kappa shape index (κ2) is 3.31. The summed E-state index contributed by atoms with van der Waals surface area (Å²) in [4.78, 5) is 11.9. The Labute approximate surface area is 73.0 Å². The molecular weight excluding hydrogens is 182 g/mol. The third-order valence-electron chi connectivity index (χ3n) is 1.46. The number of aryl methyl sites for hydroxylation is 2. The lowest BCUT2D eigenvalue weighted by Crippen LogP contribution is -2.09. The Morgan fingerprint density at radius 1 is 1.50 bits per heavy atom. The van der Waals surface area contributed by atoms with E-state index in [0.717, 1.165) is 16.2 Å². The maximum atomic E-state index is 12.0. The molecule has 4 heteroatoms. The van der Waals surface area contributed by atoms with Crippen LogP contribution in [0.15, 0.2) is 6.07 Å². The Morgan fingerprint density at radius 2 is 2.08 bits per heavy atom. The molecule has 0 atom stereocenters. The normalized spacial score (nSPS) is 10.8. The summed E-state index contributed by atoms with van der Waals surface area (Å²) in [7, 11) is 0. The number of alkyl halides is 2. The molecular formula is C8H8F2OS. The molecule has 1 rings (SSSR count). The Morgan fingerprint density at radius 3 is 2.42 bits per heavy atom. The summed E-state index contributed by atoms with van der Waals surface area (Å²) in [6.07, 6.45) is -2.89. The molecule has 0 aliphatic carbocycles. The molecule has 0 N–H and O–H groups in total. The first-order valence-corrected chi connectivity index (χ1v) is 4.23. The number of hydrogen-bond donors (Lipinski definition) is 0. The second-order valence-corrected chi connectivity index (χ2v) is 3.79. The van der Waals surface area contributed by atoms with Crippen LogP contribution in [0.25, 0.3) is 0 Å². The number of halogens is 2. The molecule has 0 bridgehead atoms. The second-order valence-electron chi connectivity index (χ2n) is 2.53. The van der Waals surface area contributed by atoms with Crippen molar-refractivity contribution in [2.24, 2.45) is 0 Å². The largest absolute Gasteiger partial charge is 0.301 e. The van der Waals surface area contributed by atoms with Crippen molar-refractivity contribution in [3.05, 3.63) is 21.4 Å². The summed E-state index contributed by atoms with van der Waals surface area (Å²) >= 11 is 1.12. The number of ketones is 1. The van der Waals surface area contributed by atoms with Crippen LogP contribution < -0.4 is 0 Å². The molecule has 0 aliphatic rings. The van der Waals surface area contributed by atoms with Crippen molar-refractivity contribution in [3.8, 4) is 0 Å². The highest BCUT2D eigenvalue weighted by Crippen LogP contribution is 2.23. The van der Waals surface area contributed by atoms with Gasteiger partial charge in [-0.05, 0) is 25.5 Å². The zero-order valence-corrected chi connectivity index (χ0v) is 7.54. The molecule has 0 aromatic carbocycles. The Bertz CT molecular complexity index is 304. The molecule has 0 radical (unpaired) electrons. The third-order valence-corrected chi connectivity index (χ3v) is 2.63. The van der Waals surface area contributed by atoms with Crippen LogP contribution in [0.5, 0.6) is 0 Å². The fourth-order valence-electron chi connectivity index (χ4n) is 0.985. The van der Waals surface area contributed by atoms with E-state index in [2.05, 4.69) is 0 Å². The van der Waals surface area contributed by atoms with Gasteiger partial charge in [0, 0.05) is 4.88 Å². The van der Waals surface area contributed by atoms with Crippen molar-refractivity contribution >= 4 is 17.1 Å². The van der Waals surface area contributed by atoms with Gasteiger partial charge in [-0.15, -0.1) is 11.3 Å². The van der Waals surface area contributed by atoms with Crippen molar-refractivity contribution in [1.29, 1.82) is 0 Å². The highest BCUT2D eigenvalue weighted by atomic mass is 32.1. The lowest BCUT2D eigenvalue weighted by atomic mass is 10.2. The van der Waals surface area contributed by atoms with Crippen LogP contribution in [0.2, 0.25) is 0 Å². The highest BCUT2D eigenvalue weighted by Gasteiger charge is 2.21. The molecule has 0 unspecified atom stereocenters. The van der Waals surface area contributed by atoms with Gasteiger partial charge in [0.15, 0.2) is 0 Å². The smallest absolute Gasteiger partial charge is 0.287 e. The molecule has 0 amide bonds. The SMILES string of the molecule is Cc1cc(C)c(C(=O)C(F)F)s1. The standard InChI is InChI=1S/C8H8F2OS/c1-4-3-5(2)12-7(4)6(11)8(9)10/h3,8H,1-2H3. The number of thiophene rings is 1. The van der Waals surface area contributed by atoms with Gasteiger partial charge in [0.05, 0.1) is 4.88 Å². The maximum Gasteiger partial charge on any atom is 0.301 e. The maximum absolute atomic E-state index is 12.0. The number of carbonyl (C=O) groups excluding carboxylic acids is 1. The van der Waals surface area contributed by atoms with Crippen molar-refractivity contribution in [3.63, 3.8) is 0 Å².